The van der Waals surface area contributed by atoms with Gasteiger partial charge in [-0.2, -0.15) is 0 Å². The van der Waals surface area contributed by atoms with Crippen molar-refractivity contribution in [1.29, 1.82) is 0 Å². The topological polar surface area (TPSA) is 49.3 Å². The molecule has 0 spiro atoms. The highest BCUT2D eigenvalue weighted by atomic mass is 79.9. The molecule has 3 nitrogen and oxygen atoms in total. The maximum absolute atomic E-state index is 11.2. The van der Waals surface area contributed by atoms with Crippen LogP contribution in [0.1, 0.15) is 17.0 Å². The van der Waals surface area contributed by atoms with Crippen LogP contribution in [0.2, 0.25) is 5.02 Å². The molecular formula is C12H13BrClNO2. The van der Waals surface area contributed by atoms with E-state index < -0.39 is 5.97 Å². The van der Waals surface area contributed by atoms with Crippen molar-refractivity contribution in [2.24, 2.45) is 5.92 Å². The zero-order valence-corrected chi connectivity index (χ0v) is 11.7. The predicted molar refractivity (Wildman–Crippen MR) is 70.6 cm³/mol. The number of benzene rings is 1. The lowest BCUT2D eigenvalue weighted by Gasteiger charge is -2.17. The van der Waals surface area contributed by atoms with E-state index >= 15 is 0 Å². The molecular weight excluding hydrogens is 305 g/mol. The van der Waals surface area contributed by atoms with E-state index in [4.69, 9.17) is 11.6 Å². The zero-order chi connectivity index (χ0) is 12.6. The van der Waals surface area contributed by atoms with Crippen LogP contribution in [0.25, 0.3) is 0 Å². The minimum atomic E-state index is -0.761. The molecule has 1 aromatic rings. The molecule has 0 radical (unpaired) electrons. The summed E-state index contributed by atoms with van der Waals surface area (Å²) in [4.78, 5) is 11.2. The van der Waals surface area contributed by atoms with E-state index in [9.17, 15) is 9.90 Å². The second kappa shape index (κ2) is 4.96. The van der Waals surface area contributed by atoms with Gasteiger partial charge in [0.1, 0.15) is 0 Å². The van der Waals surface area contributed by atoms with Gasteiger partial charge in [-0.1, -0.05) is 27.5 Å². The highest BCUT2D eigenvalue weighted by molar-refractivity contribution is 9.10. The highest BCUT2D eigenvalue weighted by Crippen LogP contribution is 2.36. The number of nitrogens with one attached hydrogen (secondary N) is 1. The average molecular weight is 319 g/mol. The summed E-state index contributed by atoms with van der Waals surface area (Å²) in [6.45, 7) is 3.12. The molecule has 1 aliphatic heterocycles. The van der Waals surface area contributed by atoms with Crippen molar-refractivity contribution in [3.63, 3.8) is 0 Å². The zero-order valence-electron chi connectivity index (χ0n) is 9.34. The maximum Gasteiger partial charge on any atom is 0.308 e. The summed E-state index contributed by atoms with van der Waals surface area (Å²) >= 11 is 9.59. The predicted octanol–water partition coefficient (Wildman–Crippen LogP) is 2.80. The van der Waals surface area contributed by atoms with Crippen molar-refractivity contribution in [3.8, 4) is 0 Å². The number of hydrogen-bond acceptors (Lipinski definition) is 2. The van der Waals surface area contributed by atoms with Gasteiger partial charge in [0.05, 0.1) is 5.92 Å². The fourth-order valence-corrected chi connectivity index (χ4v) is 3.13. The van der Waals surface area contributed by atoms with Crippen molar-refractivity contribution in [1.82, 2.24) is 5.32 Å². The largest absolute Gasteiger partial charge is 0.481 e. The van der Waals surface area contributed by atoms with E-state index in [1.807, 2.05) is 19.1 Å². The first-order valence-corrected chi connectivity index (χ1v) is 6.57. The van der Waals surface area contributed by atoms with Gasteiger partial charge >= 0.3 is 5.97 Å². The van der Waals surface area contributed by atoms with Crippen LogP contribution >= 0.6 is 27.5 Å². The van der Waals surface area contributed by atoms with Crippen LogP contribution in [0.5, 0.6) is 0 Å². The van der Waals surface area contributed by atoms with E-state index in [0.29, 0.717) is 18.1 Å². The molecule has 0 saturated carbocycles. The van der Waals surface area contributed by atoms with Crippen molar-refractivity contribution in [2.75, 3.05) is 13.1 Å². The molecule has 1 saturated heterocycles. The lowest BCUT2D eigenvalue weighted by Crippen LogP contribution is -2.21. The van der Waals surface area contributed by atoms with Crippen molar-refractivity contribution in [2.45, 2.75) is 12.8 Å². The number of hydrogen-bond donors (Lipinski definition) is 2. The third-order valence-corrected chi connectivity index (χ3v) is 4.30. The number of rotatable bonds is 2. The van der Waals surface area contributed by atoms with E-state index in [1.54, 1.807) is 0 Å². The summed E-state index contributed by atoms with van der Waals surface area (Å²) in [6.07, 6.45) is 0. The molecule has 1 aromatic carbocycles. The molecule has 2 rings (SSSR count). The normalized spacial score (nSPS) is 23.9. The Balaban J connectivity index is 2.40. The molecule has 2 unspecified atom stereocenters. The highest BCUT2D eigenvalue weighted by Gasteiger charge is 2.35. The second-order valence-corrected chi connectivity index (χ2v) is 5.59. The van der Waals surface area contributed by atoms with Crippen LogP contribution in [-0.4, -0.2) is 24.2 Å². The fourth-order valence-electron chi connectivity index (χ4n) is 2.21. The molecule has 5 heteroatoms. The monoisotopic (exact) mass is 317 g/mol. The number of aliphatic carboxylic acids is 1. The molecule has 17 heavy (non-hydrogen) atoms. The van der Waals surface area contributed by atoms with Gasteiger partial charge < -0.3 is 10.4 Å². The van der Waals surface area contributed by atoms with Gasteiger partial charge in [-0.15, -0.1) is 0 Å². The lowest BCUT2D eigenvalue weighted by atomic mass is 9.88. The van der Waals surface area contributed by atoms with Crippen molar-refractivity contribution < 1.29 is 9.90 Å². The molecule has 1 fully saturated rings. The lowest BCUT2D eigenvalue weighted by molar-refractivity contribution is -0.141. The van der Waals surface area contributed by atoms with Crippen LogP contribution in [0.15, 0.2) is 16.6 Å². The Morgan fingerprint density at radius 1 is 1.53 bits per heavy atom. The van der Waals surface area contributed by atoms with Crippen molar-refractivity contribution >= 4 is 33.5 Å². The Morgan fingerprint density at radius 3 is 2.88 bits per heavy atom. The third-order valence-electron chi connectivity index (χ3n) is 3.21. The molecule has 0 amide bonds. The van der Waals surface area contributed by atoms with Crippen molar-refractivity contribution in [3.05, 3.63) is 32.8 Å². The Morgan fingerprint density at radius 2 is 2.24 bits per heavy atom. The Bertz CT molecular complexity index is 464. The van der Waals surface area contributed by atoms with Gasteiger partial charge in [-0.05, 0) is 30.2 Å². The second-order valence-electron chi connectivity index (χ2n) is 4.33. The third kappa shape index (κ3) is 2.49. The molecule has 0 aliphatic carbocycles. The molecule has 1 aliphatic rings. The first-order chi connectivity index (χ1) is 8.00. The summed E-state index contributed by atoms with van der Waals surface area (Å²) in [5.74, 6) is -1.17. The summed E-state index contributed by atoms with van der Waals surface area (Å²) in [6, 6.07) is 3.81. The van der Waals surface area contributed by atoms with Crippen LogP contribution < -0.4 is 5.32 Å². The Kier molecular flexibility index (Phi) is 3.76. The van der Waals surface area contributed by atoms with Crippen LogP contribution in [-0.2, 0) is 4.79 Å². The number of aryl methyl sites for hydroxylation is 1. The molecule has 1 heterocycles. The molecule has 2 N–H and O–H groups in total. The SMILES string of the molecule is Cc1cc(Br)c(C2CNCC2C(=O)O)cc1Cl. The minimum Gasteiger partial charge on any atom is -0.481 e. The number of carboxylic acids is 1. The quantitative estimate of drug-likeness (QED) is 0.881. The van der Waals surface area contributed by atoms with Gasteiger partial charge in [0.2, 0.25) is 0 Å². The average Bonchev–Trinajstić information content (AvgIpc) is 2.72. The maximum atomic E-state index is 11.2. The van der Waals surface area contributed by atoms with Crippen LogP contribution in [0.3, 0.4) is 0 Å². The van der Waals surface area contributed by atoms with Gasteiger partial charge in [0, 0.05) is 28.5 Å². The fraction of sp³-hybridized carbons (Fsp3) is 0.417. The van der Waals surface area contributed by atoms with Gasteiger partial charge in [-0.3, -0.25) is 4.79 Å². The van der Waals surface area contributed by atoms with Gasteiger partial charge in [-0.25, -0.2) is 0 Å². The molecule has 0 aromatic heterocycles. The Hall–Kier alpha value is -0.580. The standard InChI is InChI=1S/C12H13BrClNO2/c1-6-2-10(13)7(3-11(6)14)8-4-15-5-9(8)12(16)17/h2-3,8-9,15H,4-5H2,1H3,(H,16,17). The van der Waals surface area contributed by atoms with E-state index in [0.717, 1.165) is 15.6 Å². The van der Waals surface area contributed by atoms with E-state index in [-0.39, 0.29) is 11.8 Å². The van der Waals surface area contributed by atoms with E-state index in [2.05, 4.69) is 21.2 Å². The van der Waals surface area contributed by atoms with Gasteiger partial charge in [0.25, 0.3) is 0 Å². The smallest absolute Gasteiger partial charge is 0.308 e. The van der Waals surface area contributed by atoms with Gasteiger partial charge in [0.15, 0.2) is 0 Å². The number of carboxylic acid groups (broad SMARTS) is 1. The van der Waals surface area contributed by atoms with Crippen LogP contribution in [0.4, 0.5) is 0 Å². The molecule has 92 valence electrons. The summed E-state index contributed by atoms with van der Waals surface area (Å²) in [7, 11) is 0. The summed E-state index contributed by atoms with van der Waals surface area (Å²) in [5.41, 5.74) is 1.96. The number of halogens is 2. The minimum absolute atomic E-state index is 0.0278. The first-order valence-electron chi connectivity index (χ1n) is 5.39. The van der Waals surface area contributed by atoms with Crippen LogP contribution in [0, 0.1) is 12.8 Å². The summed E-state index contributed by atoms with van der Waals surface area (Å²) in [5, 5.41) is 13.0. The first kappa shape index (κ1) is 12.9. The molecule has 0 bridgehead atoms. The molecule has 2 atom stereocenters. The van der Waals surface area contributed by atoms with E-state index in [1.165, 1.54) is 0 Å². The summed E-state index contributed by atoms with van der Waals surface area (Å²) < 4.78 is 0.930. The Labute approximate surface area is 113 Å². The number of carbonyl (C=O) groups is 1.